The Morgan fingerprint density at radius 1 is 1.17 bits per heavy atom. The number of amides is 1. The summed E-state index contributed by atoms with van der Waals surface area (Å²) in [5.74, 6) is 0.135. The first-order valence-electron chi connectivity index (χ1n) is 8.75. The van der Waals surface area contributed by atoms with Gasteiger partial charge in [0.25, 0.3) is 5.91 Å². The zero-order valence-electron chi connectivity index (χ0n) is 15.7. The molecule has 1 heterocycles. The van der Waals surface area contributed by atoms with Gasteiger partial charge in [-0.3, -0.25) is 9.69 Å². The van der Waals surface area contributed by atoms with Crippen molar-refractivity contribution in [1.29, 1.82) is 0 Å². The molecular weight excluding hydrogens is 302 g/mol. The van der Waals surface area contributed by atoms with Crippen LogP contribution in [0.15, 0.2) is 24.3 Å². The van der Waals surface area contributed by atoms with Crippen molar-refractivity contribution in [3.63, 3.8) is 0 Å². The summed E-state index contributed by atoms with van der Waals surface area (Å²) < 4.78 is 5.15. The van der Waals surface area contributed by atoms with Gasteiger partial charge < -0.3 is 14.5 Å². The van der Waals surface area contributed by atoms with Crippen LogP contribution >= 0.6 is 0 Å². The molecule has 1 aliphatic heterocycles. The Morgan fingerprint density at radius 2 is 1.75 bits per heavy atom. The third kappa shape index (κ3) is 4.48. The van der Waals surface area contributed by atoms with E-state index in [1.54, 1.807) is 7.11 Å². The van der Waals surface area contributed by atoms with E-state index in [9.17, 15) is 4.79 Å². The molecule has 5 nitrogen and oxygen atoms in total. The van der Waals surface area contributed by atoms with E-state index in [0.29, 0.717) is 12.1 Å². The predicted octanol–water partition coefficient (Wildman–Crippen LogP) is 2.32. The maximum absolute atomic E-state index is 12.8. The lowest BCUT2D eigenvalue weighted by molar-refractivity contribution is 0.0270. The molecule has 2 unspecified atom stereocenters. The van der Waals surface area contributed by atoms with Crippen molar-refractivity contribution in [1.82, 2.24) is 9.80 Å². The van der Waals surface area contributed by atoms with Crippen LogP contribution in [0.5, 0.6) is 0 Å². The van der Waals surface area contributed by atoms with E-state index in [4.69, 9.17) is 4.74 Å². The fraction of sp³-hybridized carbons (Fsp3) is 0.632. The summed E-state index contributed by atoms with van der Waals surface area (Å²) >= 11 is 0. The number of ether oxygens (including phenoxy) is 1. The Balaban J connectivity index is 1.99. The minimum atomic E-state index is 0.135. The first kappa shape index (κ1) is 18.7. The Bertz CT molecular complexity index is 518. The Morgan fingerprint density at radius 3 is 2.25 bits per heavy atom. The van der Waals surface area contributed by atoms with Crippen molar-refractivity contribution in [3.8, 4) is 0 Å². The summed E-state index contributed by atoms with van der Waals surface area (Å²) in [4.78, 5) is 19.3. The van der Waals surface area contributed by atoms with E-state index in [-0.39, 0.29) is 5.91 Å². The van der Waals surface area contributed by atoms with Gasteiger partial charge in [0, 0.05) is 70.8 Å². The van der Waals surface area contributed by atoms with Crippen molar-refractivity contribution in [2.45, 2.75) is 32.4 Å². The lowest BCUT2D eigenvalue weighted by Crippen LogP contribution is -2.58. The number of benzene rings is 1. The highest BCUT2D eigenvalue weighted by molar-refractivity contribution is 5.94. The largest absolute Gasteiger partial charge is 0.385 e. The molecule has 24 heavy (non-hydrogen) atoms. The first-order chi connectivity index (χ1) is 11.4. The summed E-state index contributed by atoms with van der Waals surface area (Å²) in [7, 11) is 5.75. The zero-order chi connectivity index (χ0) is 17.7. The van der Waals surface area contributed by atoms with Crippen LogP contribution in [-0.4, -0.2) is 75.2 Å². The minimum absolute atomic E-state index is 0.135. The van der Waals surface area contributed by atoms with Gasteiger partial charge in [0.2, 0.25) is 0 Å². The van der Waals surface area contributed by atoms with Crippen molar-refractivity contribution in [3.05, 3.63) is 29.8 Å². The molecule has 1 aromatic carbocycles. The van der Waals surface area contributed by atoms with Crippen LogP contribution < -0.4 is 4.90 Å². The minimum Gasteiger partial charge on any atom is -0.385 e. The summed E-state index contributed by atoms with van der Waals surface area (Å²) in [6.45, 7) is 7.79. The van der Waals surface area contributed by atoms with Gasteiger partial charge in [0.1, 0.15) is 0 Å². The van der Waals surface area contributed by atoms with Gasteiger partial charge in [0.15, 0.2) is 0 Å². The van der Waals surface area contributed by atoms with Crippen LogP contribution in [0.4, 0.5) is 5.69 Å². The van der Waals surface area contributed by atoms with Gasteiger partial charge in [-0.25, -0.2) is 0 Å². The molecule has 0 bridgehead atoms. The molecule has 0 N–H and O–H groups in total. The van der Waals surface area contributed by atoms with Crippen molar-refractivity contribution >= 4 is 11.6 Å². The van der Waals surface area contributed by atoms with Crippen molar-refractivity contribution in [2.75, 3.05) is 52.3 Å². The maximum Gasteiger partial charge on any atom is 0.253 e. The molecule has 2 rings (SSSR count). The second-order valence-corrected chi connectivity index (χ2v) is 6.93. The highest BCUT2D eigenvalue weighted by Gasteiger charge is 2.31. The molecular formula is C19H31N3O2. The van der Waals surface area contributed by atoms with Gasteiger partial charge in [-0.1, -0.05) is 0 Å². The van der Waals surface area contributed by atoms with Crippen molar-refractivity contribution in [2.24, 2.45) is 0 Å². The third-order valence-electron chi connectivity index (χ3n) is 4.78. The van der Waals surface area contributed by atoms with Crippen LogP contribution in [0.25, 0.3) is 0 Å². The number of hydrogen-bond acceptors (Lipinski definition) is 4. The molecule has 2 atom stereocenters. The van der Waals surface area contributed by atoms with E-state index >= 15 is 0 Å². The number of hydrogen-bond donors (Lipinski definition) is 0. The predicted molar refractivity (Wildman–Crippen MR) is 98.8 cm³/mol. The highest BCUT2D eigenvalue weighted by Crippen LogP contribution is 2.19. The van der Waals surface area contributed by atoms with Crippen LogP contribution in [0, 0.1) is 0 Å². The van der Waals surface area contributed by atoms with E-state index in [1.165, 1.54) is 0 Å². The molecule has 1 fully saturated rings. The molecule has 1 saturated heterocycles. The Hall–Kier alpha value is -1.59. The van der Waals surface area contributed by atoms with E-state index in [0.717, 1.165) is 43.9 Å². The highest BCUT2D eigenvalue weighted by atomic mass is 16.5. The van der Waals surface area contributed by atoms with Gasteiger partial charge in [-0.05, 0) is 44.5 Å². The van der Waals surface area contributed by atoms with Gasteiger partial charge in [0.05, 0.1) is 0 Å². The molecule has 5 heteroatoms. The van der Waals surface area contributed by atoms with Crippen LogP contribution in [0.1, 0.15) is 30.6 Å². The molecule has 0 spiro atoms. The first-order valence-corrected chi connectivity index (χ1v) is 8.75. The number of rotatable bonds is 6. The van der Waals surface area contributed by atoms with Crippen LogP contribution in [0.3, 0.4) is 0 Å². The molecule has 0 radical (unpaired) electrons. The number of carbonyl (C=O) groups is 1. The van der Waals surface area contributed by atoms with E-state index in [2.05, 4.69) is 18.7 Å². The van der Waals surface area contributed by atoms with Crippen LogP contribution in [0.2, 0.25) is 0 Å². The monoisotopic (exact) mass is 333 g/mol. The van der Waals surface area contributed by atoms with Gasteiger partial charge in [-0.15, -0.1) is 0 Å². The van der Waals surface area contributed by atoms with E-state index < -0.39 is 0 Å². The molecule has 1 amide bonds. The summed E-state index contributed by atoms with van der Waals surface area (Å²) in [6, 6.07) is 8.60. The molecule has 0 aromatic heterocycles. The summed E-state index contributed by atoms with van der Waals surface area (Å²) in [6.07, 6.45) is 1.03. The van der Waals surface area contributed by atoms with E-state index in [1.807, 2.05) is 48.2 Å². The molecule has 1 aromatic rings. The third-order valence-corrected chi connectivity index (χ3v) is 4.78. The zero-order valence-corrected chi connectivity index (χ0v) is 15.7. The Labute approximate surface area is 146 Å². The van der Waals surface area contributed by atoms with Gasteiger partial charge in [-0.2, -0.15) is 0 Å². The number of carbonyl (C=O) groups excluding carboxylic acids is 1. The summed E-state index contributed by atoms with van der Waals surface area (Å²) in [5, 5.41) is 0. The fourth-order valence-corrected chi connectivity index (χ4v) is 3.44. The number of piperazine rings is 1. The normalized spacial score (nSPS) is 21.8. The maximum atomic E-state index is 12.8. The Kier molecular flexibility index (Phi) is 6.63. The quantitative estimate of drug-likeness (QED) is 0.749. The molecule has 0 saturated carbocycles. The van der Waals surface area contributed by atoms with Crippen molar-refractivity contribution < 1.29 is 9.53 Å². The molecule has 1 aliphatic rings. The summed E-state index contributed by atoms with van der Waals surface area (Å²) in [5.41, 5.74) is 1.88. The molecule has 134 valence electrons. The van der Waals surface area contributed by atoms with Gasteiger partial charge >= 0.3 is 0 Å². The number of methoxy groups -OCH3 is 1. The van der Waals surface area contributed by atoms with Crippen LogP contribution in [-0.2, 0) is 4.74 Å². The average Bonchev–Trinajstić information content (AvgIpc) is 2.56. The SMILES string of the molecule is COCCCN1C(C)CN(C(=O)c2ccc(N(C)C)cc2)CC1C. The topological polar surface area (TPSA) is 36.0 Å². The smallest absolute Gasteiger partial charge is 0.253 e. The second kappa shape index (κ2) is 8.49. The average molecular weight is 333 g/mol. The number of nitrogens with zero attached hydrogens (tertiary/aromatic N) is 3. The molecule has 0 aliphatic carbocycles. The number of anilines is 1. The lowest BCUT2D eigenvalue weighted by Gasteiger charge is -2.44. The fourth-order valence-electron chi connectivity index (χ4n) is 3.44. The standard InChI is InChI=1S/C19H31N3O2/c1-15-13-21(14-16(2)22(15)11-6-12-24-5)19(23)17-7-9-18(10-8-17)20(3)4/h7-10,15-16H,6,11-14H2,1-5H3. The lowest BCUT2D eigenvalue weighted by atomic mass is 10.1. The second-order valence-electron chi connectivity index (χ2n) is 6.93.